The molecule has 3 nitrogen and oxygen atoms in total. The van der Waals surface area contributed by atoms with Gasteiger partial charge in [-0.1, -0.05) is 31.5 Å². The van der Waals surface area contributed by atoms with Gasteiger partial charge < -0.3 is 10.4 Å². The van der Waals surface area contributed by atoms with Gasteiger partial charge in [0, 0.05) is 12.0 Å². The molecule has 1 rings (SSSR count). The van der Waals surface area contributed by atoms with Crippen LogP contribution in [-0.4, -0.2) is 24.2 Å². The van der Waals surface area contributed by atoms with Gasteiger partial charge in [-0.3, -0.25) is 4.79 Å². The van der Waals surface area contributed by atoms with Gasteiger partial charge in [0.2, 0.25) is 0 Å². The molecule has 5 heteroatoms. The molecule has 0 aliphatic heterocycles. The van der Waals surface area contributed by atoms with E-state index >= 15 is 0 Å². The van der Waals surface area contributed by atoms with Crippen molar-refractivity contribution in [2.75, 3.05) is 13.2 Å². The second-order valence-corrected chi connectivity index (χ2v) is 5.03. The Balaban J connectivity index is 2.78. The number of amides is 1. The molecule has 0 saturated carbocycles. The van der Waals surface area contributed by atoms with Gasteiger partial charge in [0.1, 0.15) is 5.82 Å². The molecule has 1 aromatic carbocycles. The van der Waals surface area contributed by atoms with Gasteiger partial charge in [-0.05, 0) is 25.0 Å². The normalized spacial score (nSPS) is 11.4. The van der Waals surface area contributed by atoms with E-state index in [1.807, 2.05) is 13.8 Å². The van der Waals surface area contributed by atoms with E-state index in [0.29, 0.717) is 6.54 Å². The smallest absolute Gasteiger partial charge is 0.252 e. The lowest BCUT2D eigenvalue weighted by Crippen LogP contribution is -2.39. The van der Waals surface area contributed by atoms with Crippen molar-refractivity contribution in [1.29, 1.82) is 0 Å². The third kappa shape index (κ3) is 3.67. The molecule has 0 radical (unpaired) electrons. The fourth-order valence-corrected chi connectivity index (χ4v) is 2.03. The molecular formula is C14H19ClFNO2. The molecular weight excluding hydrogens is 269 g/mol. The number of aliphatic hydroxyl groups is 1. The van der Waals surface area contributed by atoms with E-state index in [0.717, 1.165) is 12.8 Å². The third-order valence-electron chi connectivity index (χ3n) is 3.66. The number of hydrogen-bond donors (Lipinski definition) is 2. The highest BCUT2D eigenvalue weighted by Crippen LogP contribution is 2.25. The summed E-state index contributed by atoms with van der Waals surface area (Å²) in [5.74, 6) is -1.04. The first kappa shape index (κ1) is 15.9. The first-order valence-electron chi connectivity index (χ1n) is 6.32. The standard InChI is InChI=1S/C14H19ClFNO2/c1-3-14(4-2,9-18)8-17-13(19)10-6-5-7-11(16)12(10)15/h5-7,18H,3-4,8-9H2,1-2H3,(H,17,19). The van der Waals surface area contributed by atoms with Crippen LogP contribution in [0.3, 0.4) is 0 Å². The molecule has 0 aromatic heterocycles. The Hall–Kier alpha value is -1.13. The van der Waals surface area contributed by atoms with Crippen LogP contribution in [-0.2, 0) is 0 Å². The molecule has 0 atom stereocenters. The Kier molecular flexibility index (Phi) is 5.76. The number of rotatable bonds is 6. The topological polar surface area (TPSA) is 49.3 Å². The minimum Gasteiger partial charge on any atom is -0.396 e. The van der Waals surface area contributed by atoms with Crippen molar-refractivity contribution in [2.45, 2.75) is 26.7 Å². The molecule has 1 aromatic rings. The van der Waals surface area contributed by atoms with Gasteiger partial charge in [-0.25, -0.2) is 4.39 Å². The summed E-state index contributed by atoms with van der Waals surface area (Å²) in [5.41, 5.74) is -0.226. The summed E-state index contributed by atoms with van der Waals surface area (Å²) in [6.07, 6.45) is 1.49. The van der Waals surface area contributed by atoms with Crippen molar-refractivity contribution in [2.24, 2.45) is 5.41 Å². The van der Waals surface area contributed by atoms with E-state index in [2.05, 4.69) is 5.32 Å². The van der Waals surface area contributed by atoms with Crippen LogP contribution in [0.4, 0.5) is 4.39 Å². The van der Waals surface area contributed by atoms with Crippen LogP contribution in [0, 0.1) is 11.2 Å². The minimum absolute atomic E-state index is 0.00281. The first-order valence-corrected chi connectivity index (χ1v) is 6.70. The van der Waals surface area contributed by atoms with Crippen molar-refractivity contribution in [3.8, 4) is 0 Å². The molecule has 0 heterocycles. The van der Waals surface area contributed by atoms with Crippen LogP contribution in [0.1, 0.15) is 37.0 Å². The predicted molar refractivity (Wildman–Crippen MR) is 73.8 cm³/mol. The van der Waals surface area contributed by atoms with Crippen molar-refractivity contribution in [1.82, 2.24) is 5.32 Å². The summed E-state index contributed by atoms with van der Waals surface area (Å²) < 4.78 is 13.3. The Labute approximate surface area is 117 Å². The van der Waals surface area contributed by atoms with Gasteiger partial charge >= 0.3 is 0 Å². The van der Waals surface area contributed by atoms with Crippen LogP contribution in [0.25, 0.3) is 0 Å². The fraction of sp³-hybridized carbons (Fsp3) is 0.500. The Morgan fingerprint density at radius 3 is 2.58 bits per heavy atom. The van der Waals surface area contributed by atoms with Gasteiger partial charge in [-0.15, -0.1) is 0 Å². The highest BCUT2D eigenvalue weighted by molar-refractivity contribution is 6.34. The zero-order chi connectivity index (χ0) is 14.5. The van der Waals surface area contributed by atoms with Crippen LogP contribution in [0.5, 0.6) is 0 Å². The molecule has 0 fully saturated rings. The molecule has 1 amide bonds. The number of carbonyl (C=O) groups is 1. The van der Waals surface area contributed by atoms with E-state index in [1.165, 1.54) is 18.2 Å². The van der Waals surface area contributed by atoms with E-state index in [4.69, 9.17) is 11.6 Å². The molecule has 0 aliphatic carbocycles. The molecule has 0 unspecified atom stereocenters. The molecule has 106 valence electrons. The first-order chi connectivity index (χ1) is 8.99. The monoisotopic (exact) mass is 287 g/mol. The van der Waals surface area contributed by atoms with Gasteiger partial charge in [0.15, 0.2) is 0 Å². The lowest BCUT2D eigenvalue weighted by Gasteiger charge is -2.29. The summed E-state index contributed by atoms with van der Waals surface area (Å²) in [7, 11) is 0. The largest absolute Gasteiger partial charge is 0.396 e. The Morgan fingerprint density at radius 1 is 1.42 bits per heavy atom. The maximum absolute atomic E-state index is 13.3. The molecule has 19 heavy (non-hydrogen) atoms. The highest BCUT2D eigenvalue weighted by Gasteiger charge is 2.26. The van der Waals surface area contributed by atoms with Crippen molar-refractivity contribution in [3.05, 3.63) is 34.6 Å². The average molecular weight is 288 g/mol. The lowest BCUT2D eigenvalue weighted by molar-refractivity contribution is 0.0851. The Bertz CT molecular complexity index is 439. The SMILES string of the molecule is CCC(CC)(CO)CNC(=O)c1cccc(F)c1Cl. The van der Waals surface area contributed by atoms with Gasteiger partial charge in [-0.2, -0.15) is 0 Å². The summed E-state index contributed by atoms with van der Waals surface area (Å²) in [5, 5.41) is 12.0. The van der Waals surface area contributed by atoms with Crippen molar-refractivity contribution in [3.63, 3.8) is 0 Å². The van der Waals surface area contributed by atoms with Crippen LogP contribution >= 0.6 is 11.6 Å². The highest BCUT2D eigenvalue weighted by atomic mass is 35.5. The predicted octanol–water partition coefficient (Wildman–Crippen LogP) is 3.01. The van der Waals surface area contributed by atoms with Gasteiger partial charge in [0.25, 0.3) is 5.91 Å². The van der Waals surface area contributed by atoms with E-state index in [1.54, 1.807) is 0 Å². The zero-order valence-corrected chi connectivity index (χ0v) is 11.9. The van der Waals surface area contributed by atoms with E-state index in [9.17, 15) is 14.3 Å². The second-order valence-electron chi connectivity index (χ2n) is 4.65. The number of aliphatic hydroxyl groups excluding tert-OH is 1. The third-order valence-corrected chi connectivity index (χ3v) is 4.04. The average Bonchev–Trinajstić information content (AvgIpc) is 2.44. The molecule has 0 aliphatic rings. The Morgan fingerprint density at radius 2 is 2.05 bits per heavy atom. The van der Waals surface area contributed by atoms with Crippen molar-refractivity contribution < 1.29 is 14.3 Å². The minimum atomic E-state index is -0.617. The molecule has 0 bridgehead atoms. The lowest BCUT2D eigenvalue weighted by atomic mass is 9.83. The number of carbonyl (C=O) groups excluding carboxylic acids is 1. The molecule has 0 saturated heterocycles. The summed E-state index contributed by atoms with van der Waals surface area (Å²) in [4.78, 5) is 12.0. The fourth-order valence-electron chi connectivity index (χ4n) is 1.82. The summed E-state index contributed by atoms with van der Waals surface area (Å²) in [6, 6.07) is 4.11. The number of hydrogen-bond acceptors (Lipinski definition) is 2. The van der Waals surface area contributed by atoms with Crippen LogP contribution in [0.15, 0.2) is 18.2 Å². The number of nitrogens with one attached hydrogen (secondary N) is 1. The van der Waals surface area contributed by atoms with Crippen LogP contribution < -0.4 is 5.32 Å². The summed E-state index contributed by atoms with van der Waals surface area (Å²) in [6.45, 7) is 4.25. The van der Waals surface area contributed by atoms with Crippen LogP contribution in [0.2, 0.25) is 5.02 Å². The second kappa shape index (κ2) is 6.87. The van der Waals surface area contributed by atoms with Gasteiger partial charge in [0.05, 0.1) is 17.2 Å². The zero-order valence-electron chi connectivity index (χ0n) is 11.2. The molecule has 2 N–H and O–H groups in total. The van der Waals surface area contributed by atoms with Crippen molar-refractivity contribution >= 4 is 17.5 Å². The maximum Gasteiger partial charge on any atom is 0.252 e. The maximum atomic E-state index is 13.3. The van der Waals surface area contributed by atoms with E-state index in [-0.39, 0.29) is 22.6 Å². The summed E-state index contributed by atoms with van der Waals surface area (Å²) >= 11 is 5.75. The number of benzene rings is 1. The quantitative estimate of drug-likeness (QED) is 0.845. The number of halogens is 2. The van der Waals surface area contributed by atoms with E-state index < -0.39 is 11.7 Å². The molecule has 0 spiro atoms.